The number of rotatable bonds is 8. The van der Waals surface area contributed by atoms with Gasteiger partial charge in [-0.2, -0.15) is 0 Å². The Kier molecular flexibility index (Phi) is 6.76. The third-order valence-electron chi connectivity index (χ3n) is 3.72. The van der Waals surface area contributed by atoms with Gasteiger partial charge in [0, 0.05) is 23.6 Å². The Morgan fingerprint density at radius 2 is 2.08 bits per heavy atom. The normalized spacial score (nSPS) is 10.8. The van der Waals surface area contributed by atoms with Crippen LogP contribution in [0.25, 0.3) is 10.7 Å². The predicted molar refractivity (Wildman–Crippen MR) is 111 cm³/mol. The van der Waals surface area contributed by atoms with Crippen LogP contribution in [0.3, 0.4) is 0 Å². The van der Waals surface area contributed by atoms with E-state index in [4.69, 9.17) is 0 Å². The van der Waals surface area contributed by atoms with Gasteiger partial charge in [0.05, 0.1) is 10.6 Å². The van der Waals surface area contributed by atoms with Crippen molar-refractivity contribution in [1.82, 2.24) is 14.8 Å². The molecule has 8 heteroatoms. The van der Waals surface area contributed by atoms with Crippen molar-refractivity contribution in [3.8, 4) is 10.7 Å². The number of anilines is 1. The molecule has 0 aliphatic rings. The Morgan fingerprint density at radius 1 is 1.23 bits per heavy atom. The van der Waals surface area contributed by atoms with Gasteiger partial charge in [-0.25, -0.2) is 0 Å². The molecule has 1 N–H and O–H groups in total. The molecule has 0 spiro atoms. The van der Waals surface area contributed by atoms with E-state index in [1.54, 1.807) is 34.9 Å². The minimum absolute atomic E-state index is 0.0139. The van der Waals surface area contributed by atoms with Crippen LogP contribution in [0.1, 0.15) is 13.3 Å². The Balaban J connectivity index is 1.57. The maximum absolute atomic E-state index is 12.2. The molecular weight excluding hydrogens is 384 g/mol. The molecule has 0 atom stereocenters. The fraction of sp³-hybridized carbons (Fsp3) is 0.278. The van der Waals surface area contributed by atoms with Crippen LogP contribution in [0.2, 0.25) is 0 Å². The number of thioether (sulfide) groups is 2. The highest BCUT2D eigenvalue weighted by molar-refractivity contribution is 7.99. The first-order valence-electron chi connectivity index (χ1n) is 8.25. The number of carbonyl (C=O) groups excluding carboxylic acids is 1. The molecule has 136 valence electrons. The third kappa shape index (κ3) is 4.49. The molecule has 0 fully saturated rings. The van der Waals surface area contributed by atoms with Crippen molar-refractivity contribution in [3.05, 3.63) is 41.8 Å². The first kappa shape index (κ1) is 19.0. The zero-order valence-electron chi connectivity index (χ0n) is 14.6. The minimum Gasteiger partial charge on any atom is -0.325 e. The minimum atomic E-state index is 0.0139. The summed E-state index contributed by atoms with van der Waals surface area (Å²) in [7, 11) is 0. The highest BCUT2D eigenvalue weighted by Crippen LogP contribution is 2.28. The molecule has 3 rings (SSSR count). The molecule has 0 aliphatic heterocycles. The van der Waals surface area contributed by atoms with E-state index in [-0.39, 0.29) is 5.91 Å². The largest absolute Gasteiger partial charge is 0.325 e. The summed E-state index contributed by atoms with van der Waals surface area (Å²) in [5.41, 5.74) is 0.867. The molecule has 3 aromatic rings. The predicted octanol–water partition coefficient (Wildman–Crippen LogP) is 4.87. The van der Waals surface area contributed by atoms with Crippen LogP contribution in [0.15, 0.2) is 51.8 Å². The van der Waals surface area contributed by atoms with Gasteiger partial charge in [-0.1, -0.05) is 30.0 Å². The molecule has 2 aromatic heterocycles. The van der Waals surface area contributed by atoms with Crippen LogP contribution in [0, 0.1) is 0 Å². The van der Waals surface area contributed by atoms with E-state index in [0.29, 0.717) is 12.2 Å². The highest BCUT2D eigenvalue weighted by Gasteiger charge is 2.14. The number of benzene rings is 1. The number of thiophene rings is 1. The van der Waals surface area contributed by atoms with E-state index in [2.05, 4.69) is 27.0 Å². The summed E-state index contributed by atoms with van der Waals surface area (Å²) in [5.74, 6) is 1.57. The second kappa shape index (κ2) is 9.25. The number of amides is 1. The lowest BCUT2D eigenvalue weighted by Gasteiger charge is -2.09. The van der Waals surface area contributed by atoms with Gasteiger partial charge in [0.1, 0.15) is 0 Å². The molecule has 2 heterocycles. The summed E-state index contributed by atoms with van der Waals surface area (Å²) < 4.78 is 2.09. The molecular formula is C18H20N4OS3. The average Bonchev–Trinajstić information content (AvgIpc) is 3.31. The van der Waals surface area contributed by atoms with Crippen molar-refractivity contribution in [2.24, 2.45) is 0 Å². The molecule has 26 heavy (non-hydrogen) atoms. The summed E-state index contributed by atoms with van der Waals surface area (Å²) in [6.07, 6.45) is 2.43. The number of hydrogen-bond acceptors (Lipinski definition) is 6. The second-order valence-electron chi connectivity index (χ2n) is 5.37. The quantitative estimate of drug-likeness (QED) is 0.543. The van der Waals surface area contributed by atoms with Crippen LogP contribution in [-0.2, 0) is 11.3 Å². The first-order valence-corrected chi connectivity index (χ1v) is 11.3. The topological polar surface area (TPSA) is 59.8 Å². The van der Waals surface area contributed by atoms with Crippen LogP contribution in [0.5, 0.6) is 0 Å². The fourth-order valence-electron chi connectivity index (χ4n) is 2.46. The van der Waals surface area contributed by atoms with E-state index in [9.17, 15) is 4.79 Å². The van der Waals surface area contributed by atoms with Crippen LogP contribution >= 0.6 is 34.9 Å². The smallest absolute Gasteiger partial charge is 0.225 e. The van der Waals surface area contributed by atoms with Crippen molar-refractivity contribution in [2.75, 3.05) is 17.3 Å². The molecule has 0 radical (unpaired) electrons. The fourth-order valence-corrected chi connectivity index (χ4v) is 4.68. The van der Waals surface area contributed by atoms with E-state index >= 15 is 0 Å². The lowest BCUT2D eigenvalue weighted by molar-refractivity contribution is -0.115. The highest BCUT2D eigenvalue weighted by atomic mass is 32.2. The van der Waals surface area contributed by atoms with Gasteiger partial charge in [0.2, 0.25) is 5.91 Å². The first-order chi connectivity index (χ1) is 12.7. The maximum Gasteiger partial charge on any atom is 0.225 e. The molecule has 0 bridgehead atoms. The Labute approximate surface area is 165 Å². The monoisotopic (exact) mass is 404 g/mol. The summed E-state index contributed by atoms with van der Waals surface area (Å²) in [6, 6.07) is 11.9. The van der Waals surface area contributed by atoms with Gasteiger partial charge in [-0.05, 0) is 36.8 Å². The third-order valence-corrected chi connectivity index (χ3v) is 6.35. The Morgan fingerprint density at radius 3 is 2.81 bits per heavy atom. The molecule has 0 saturated carbocycles. The van der Waals surface area contributed by atoms with Gasteiger partial charge in [-0.15, -0.1) is 33.3 Å². The van der Waals surface area contributed by atoms with E-state index in [0.717, 1.165) is 33.0 Å². The van der Waals surface area contributed by atoms with Gasteiger partial charge in [0.15, 0.2) is 11.0 Å². The molecule has 0 saturated heterocycles. The van der Waals surface area contributed by atoms with Gasteiger partial charge in [0.25, 0.3) is 0 Å². The second-order valence-corrected chi connectivity index (χ2v) is 8.23. The number of nitrogens with zero attached hydrogens (tertiary/aromatic N) is 3. The molecule has 0 unspecified atom stereocenters. The van der Waals surface area contributed by atoms with E-state index in [1.807, 2.05) is 48.0 Å². The summed E-state index contributed by atoms with van der Waals surface area (Å²) >= 11 is 4.84. The van der Waals surface area contributed by atoms with E-state index < -0.39 is 0 Å². The van der Waals surface area contributed by atoms with Crippen molar-refractivity contribution in [2.45, 2.75) is 29.9 Å². The van der Waals surface area contributed by atoms with Gasteiger partial charge >= 0.3 is 0 Å². The van der Waals surface area contributed by atoms with Crippen LogP contribution in [-0.4, -0.2) is 32.7 Å². The number of nitrogens with one attached hydrogen (secondary N) is 1. The standard InChI is InChI=1S/C18H20N4OS3/c1-3-22-17(15-9-6-11-25-15)20-21-18(22)26-12-10-16(23)19-13-7-4-5-8-14(13)24-2/h4-9,11H,3,10,12H2,1-2H3,(H,19,23). The Bertz CT molecular complexity index is 861. The number of carbonyl (C=O) groups is 1. The zero-order valence-corrected chi connectivity index (χ0v) is 17.1. The molecule has 1 amide bonds. The average molecular weight is 405 g/mol. The van der Waals surface area contributed by atoms with Gasteiger partial charge < -0.3 is 9.88 Å². The number of hydrogen-bond donors (Lipinski definition) is 1. The zero-order chi connectivity index (χ0) is 18.4. The number of aromatic nitrogens is 3. The van der Waals surface area contributed by atoms with Crippen molar-refractivity contribution >= 4 is 46.5 Å². The van der Waals surface area contributed by atoms with Crippen molar-refractivity contribution < 1.29 is 4.79 Å². The summed E-state index contributed by atoms with van der Waals surface area (Å²) in [5, 5.41) is 14.5. The van der Waals surface area contributed by atoms with E-state index in [1.165, 1.54) is 0 Å². The summed E-state index contributed by atoms with van der Waals surface area (Å²) in [6.45, 7) is 2.88. The lowest BCUT2D eigenvalue weighted by Crippen LogP contribution is -2.13. The van der Waals surface area contributed by atoms with Crippen LogP contribution < -0.4 is 5.32 Å². The van der Waals surface area contributed by atoms with Crippen molar-refractivity contribution in [3.63, 3.8) is 0 Å². The van der Waals surface area contributed by atoms with Crippen LogP contribution in [0.4, 0.5) is 5.69 Å². The molecule has 0 aliphatic carbocycles. The summed E-state index contributed by atoms with van der Waals surface area (Å²) in [4.78, 5) is 14.4. The maximum atomic E-state index is 12.2. The lowest BCUT2D eigenvalue weighted by atomic mass is 10.3. The van der Waals surface area contributed by atoms with Gasteiger partial charge in [-0.3, -0.25) is 4.79 Å². The van der Waals surface area contributed by atoms with Crippen molar-refractivity contribution in [1.29, 1.82) is 0 Å². The Hall–Kier alpha value is -1.77. The molecule has 1 aromatic carbocycles. The SMILES string of the molecule is CCn1c(SCCC(=O)Nc2ccccc2SC)nnc1-c1cccs1. The number of para-hydroxylation sites is 1. The molecule has 5 nitrogen and oxygen atoms in total.